The molecular weight excluding hydrogens is 530 g/mol. The summed E-state index contributed by atoms with van der Waals surface area (Å²) in [6.45, 7) is 7.29. The standard InChI is InChI=1S/C29H29N5O5S/c1-20-14-15-25(16-21(20)2)33-22(3)17-24(23(33)4)18-30-31-29(35)19-32(27-12-8-9-13-28(27)34(36)37)40(38,39)26-10-6-5-7-11-26/h5-18H,19H2,1-4H3,(H,31,35)/b30-18+. The minimum absolute atomic E-state index is 0.108. The zero-order valence-electron chi connectivity index (χ0n) is 22.5. The Labute approximate surface area is 232 Å². The van der Waals surface area contributed by atoms with Crippen LogP contribution in [-0.2, 0) is 14.8 Å². The van der Waals surface area contributed by atoms with E-state index in [1.807, 2.05) is 26.0 Å². The highest BCUT2D eigenvalue weighted by Crippen LogP contribution is 2.32. The van der Waals surface area contributed by atoms with Crippen LogP contribution in [-0.4, -0.2) is 36.6 Å². The Morgan fingerprint density at radius 3 is 2.33 bits per heavy atom. The quantitative estimate of drug-likeness (QED) is 0.176. The molecule has 10 nitrogen and oxygen atoms in total. The predicted octanol–water partition coefficient (Wildman–Crippen LogP) is 4.96. The number of nitro groups is 1. The van der Waals surface area contributed by atoms with Crippen molar-refractivity contribution in [2.24, 2.45) is 5.10 Å². The lowest BCUT2D eigenvalue weighted by molar-refractivity contribution is -0.384. The van der Waals surface area contributed by atoms with E-state index in [0.29, 0.717) is 0 Å². The van der Waals surface area contributed by atoms with Gasteiger partial charge in [0, 0.05) is 28.7 Å². The number of aryl methyl sites for hydroxylation is 3. The molecule has 0 spiro atoms. The Morgan fingerprint density at radius 2 is 1.65 bits per heavy atom. The number of para-hydroxylation sites is 2. The summed E-state index contributed by atoms with van der Waals surface area (Å²) in [5.74, 6) is -0.767. The Hall–Kier alpha value is -4.77. The maximum atomic E-state index is 13.5. The molecule has 0 saturated heterocycles. The molecular formula is C29H29N5O5S. The molecule has 1 amide bonds. The second-order valence-electron chi connectivity index (χ2n) is 9.29. The van der Waals surface area contributed by atoms with Gasteiger partial charge in [0.1, 0.15) is 12.2 Å². The number of benzene rings is 3. The molecule has 1 aromatic heterocycles. The van der Waals surface area contributed by atoms with E-state index in [1.165, 1.54) is 65.9 Å². The molecule has 40 heavy (non-hydrogen) atoms. The zero-order chi connectivity index (χ0) is 29.0. The molecule has 1 heterocycles. The number of anilines is 1. The van der Waals surface area contributed by atoms with Gasteiger partial charge in [-0.3, -0.25) is 14.9 Å². The molecule has 0 aliphatic heterocycles. The normalized spacial score (nSPS) is 11.5. The largest absolute Gasteiger partial charge is 0.318 e. The van der Waals surface area contributed by atoms with Gasteiger partial charge in [-0.1, -0.05) is 36.4 Å². The third-order valence-electron chi connectivity index (χ3n) is 6.58. The average Bonchev–Trinajstić information content (AvgIpc) is 3.21. The van der Waals surface area contributed by atoms with Crippen molar-refractivity contribution < 1.29 is 18.1 Å². The van der Waals surface area contributed by atoms with Gasteiger partial charge in [0.25, 0.3) is 21.6 Å². The molecule has 0 aliphatic rings. The van der Waals surface area contributed by atoms with Gasteiger partial charge in [0.2, 0.25) is 0 Å². The number of aromatic nitrogens is 1. The first-order valence-corrected chi connectivity index (χ1v) is 13.8. The highest BCUT2D eigenvalue weighted by atomic mass is 32.2. The zero-order valence-corrected chi connectivity index (χ0v) is 23.3. The van der Waals surface area contributed by atoms with Crippen LogP contribution in [0.1, 0.15) is 28.1 Å². The fourth-order valence-electron chi connectivity index (χ4n) is 4.37. The van der Waals surface area contributed by atoms with Crippen LogP contribution in [0.15, 0.2) is 88.9 Å². The molecule has 0 atom stereocenters. The lowest BCUT2D eigenvalue weighted by Crippen LogP contribution is -2.39. The van der Waals surface area contributed by atoms with Crippen molar-refractivity contribution in [1.82, 2.24) is 9.99 Å². The maximum absolute atomic E-state index is 13.5. The summed E-state index contributed by atoms with van der Waals surface area (Å²) in [7, 11) is -4.32. The molecule has 4 aromatic rings. The number of carbonyl (C=O) groups is 1. The van der Waals surface area contributed by atoms with Crippen molar-refractivity contribution in [3.8, 4) is 5.69 Å². The van der Waals surface area contributed by atoms with E-state index < -0.39 is 33.1 Å². The molecule has 1 N–H and O–H groups in total. The van der Waals surface area contributed by atoms with Crippen molar-refractivity contribution in [2.45, 2.75) is 32.6 Å². The summed E-state index contributed by atoms with van der Waals surface area (Å²) in [4.78, 5) is 23.8. The van der Waals surface area contributed by atoms with E-state index in [1.54, 1.807) is 6.07 Å². The molecule has 0 radical (unpaired) electrons. The van der Waals surface area contributed by atoms with Gasteiger partial charge in [-0.25, -0.2) is 18.1 Å². The summed E-state index contributed by atoms with van der Waals surface area (Å²) >= 11 is 0. The van der Waals surface area contributed by atoms with Crippen LogP contribution >= 0.6 is 0 Å². The highest BCUT2D eigenvalue weighted by Gasteiger charge is 2.31. The van der Waals surface area contributed by atoms with Gasteiger partial charge in [-0.05, 0) is 75.2 Å². The van der Waals surface area contributed by atoms with Gasteiger partial charge in [0.05, 0.1) is 16.0 Å². The van der Waals surface area contributed by atoms with Crippen molar-refractivity contribution in [1.29, 1.82) is 0 Å². The van der Waals surface area contributed by atoms with E-state index in [0.717, 1.165) is 26.9 Å². The molecule has 4 rings (SSSR count). The van der Waals surface area contributed by atoms with Crippen LogP contribution in [0.2, 0.25) is 0 Å². The van der Waals surface area contributed by atoms with E-state index in [9.17, 15) is 23.3 Å². The monoisotopic (exact) mass is 559 g/mol. The topological polar surface area (TPSA) is 127 Å². The van der Waals surface area contributed by atoms with Crippen LogP contribution < -0.4 is 9.73 Å². The Balaban J connectivity index is 1.60. The number of hydrogen-bond acceptors (Lipinski definition) is 6. The third-order valence-corrected chi connectivity index (χ3v) is 8.35. The summed E-state index contributed by atoms with van der Waals surface area (Å²) in [6, 6.07) is 20.9. The second kappa shape index (κ2) is 11.5. The number of carbonyl (C=O) groups excluding carboxylic acids is 1. The Bertz CT molecular complexity index is 1710. The fourth-order valence-corrected chi connectivity index (χ4v) is 5.82. The lowest BCUT2D eigenvalue weighted by atomic mass is 10.1. The number of hydrazone groups is 1. The summed E-state index contributed by atoms with van der Waals surface area (Å²) in [6.07, 6.45) is 1.48. The predicted molar refractivity (Wildman–Crippen MR) is 155 cm³/mol. The van der Waals surface area contributed by atoms with Gasteiger partial charge in [-0.2, -0.15) is 5.10 Å². The molecule has 3 aromatic carbocycles. The molecule has 206 valence electrons. The Kier molecular flexibility index (Phi) is 8.15. The maximum Gasteiger partial charge on any atom is 0.293 e. The molecule has 0 bridgehead atoms. The molecule has 0 unspecified atom stereocenters. The first-order valence-electron chi connectivity index (χ1n) is 12.4. The third kappa shape index (κ3) is 5.79. The smallest absolute Gasteiger partial charge is 0.293 e. The minimum atomic E-state index is -4.32. The van der Waals surface area contributed by atoms with Crippen LogP contribution in [0.5, 0.6) is 0 Å². The number of amides is 1. The van der Waals surface area contributed by atoms with Crippen molar-refractivity contribution in [3.05, 3.63) is 117 Å². The summed E-state index contributed by atoms with van der Waals surface area (Å²) < 4.78 is 29.8. The summed E-state index contributed by atoms with van der Waals surface area (Å²) in [5, 5.41) is 15.7. The first-order chi connectivity index (χ1) is 19.0. The van der Waals surface area contributed by atoms with Gasteiger partial charge >= 0.3 is 0 Å². The lowest BCUT2D eigenvalue weighted by Gasteiger charge is -2.23. The Morgan fingerprint density at radius 1 is 0.975 bits per heavy atom. The van der Waals surface area contributed by atoms with Crippen LogP contribution in [0.4, 0.5) is 11.4 Å². The van der Waals surface area contributed by atoms with E-state index in [4.69, 9.17) is 0 Å². The van der Waals surface area contributed by atoms with E-state index >= 15 is 0 Å². The molecule has 0 fully saturated rings. The van der Waals surface area contributed by atoms with Gasteiger partial charge < -0.3 is 4.57 Å². The number of nitrogens with one attached hydrogen (secondary N) is 1. The average molecular weight is 560 g/mol. The fraction of sp³-hybridized carbons (Fsp3) is 0.172. The van der Waals surface area contributed by atoms with E-state index in [-0.39, 0.29) is 10.6 Å². The second-order valence-corrected chi connectivity index (χ2v) is 11.2. The first kappa shape index (κ1) is 28.2. The van der Waals surface area contributed by atoms with Crippen LogP contribution in [0, 0.1) is 37.8 Å². The van der Waals surface area contributed by atoms with Crippen LogP contribution in [0.3, 0.4) is 0 Å². The molecule has 0 aliphatic carbocycles. The van der Waals surface area contributed by atoms with Crippen molar-refractivity contribution in [2.75, 3.05) is 10.8 Å². The number of hydrogen-bond donors (Lipinski definition) is 1. The van der Waals surface area contributed by atoms with Crippen molar-refractivity contribution in [3.63, 3.8) is 0 Å². The number of nitrogens with zero attached hydrogens (tertiary/aromatic N) is 4. The molecule has 11 heteroatoms. The number of nitro benzene ring substituents is 1. The van der Waals surface area contributed by atoms with Crippen molar-refractivity contribution >= 4 is 33.5 Å². The highest BCUT2D eigenvalue weighted by molar-refractivity contribution is 7.92. The SMILES string of the molecule is Cc1ccc(-n2c(C)cc(/C=N/NC(=O)CN(c3ccccc3[N+](=O)[O-])S(=O)(=O)c3ccccc3)c2C)cc1C. The van der Waals surface area contributed by atoms with Crippen LogP contribution in [0.25, 0.3) is 5.69 Å². The van der Waals surface area contributed by atoms with Gasteiger partial charge in [0.15, 0.2) is 0 Å². The number of sulfonamides is 1. The van der Waals surface area contributed by atoms with E-state index in [2.05, 4.69) is 41.1 Å². The van der Waals surface area contributed by atoms with Gasteiger partial charge in [-0.15, -0.1) is 0 Å². The summed E-state index contributed by atoms with van der Waals surface area (Å²) in [5.41, 5.74) is 7.71. The molecule has 0 saturated carbocycles. The number of rotatable bonds is 9. The minimum Gasteiger partial charge on any atom is -0.318 e.